The van der Waals surface area contributed by atoms with Crippen LogP contribution in [0.4, 0.5) is 14.6 Å². The van der Waals surface area contributed by atoms with Crippen LogP contribution in [-0.2, 0) is 9.53 Å². The number of carbonyl (C=O) groups excluding carboxylic acids is 1. The molecule has 3 aliphatic rings. The fourth-order valence-electron chi connectivity index (χ4n) is 5.57. The number of ether oxygens (including phenoxy) is 1. The molecule has 3 aliphatic heterocycles. The number of hydrogen-bond donors (Lipinski definition) is 0. The van der Waals surface area contributed by atoms with Crippen molar-refractivity contribution in [2.45, 2.75) is 43.6 Å². The lowest BCUT2D eigenvalue weighted by atomic mass is 9.89. The molecule has 2 unspecified atom stereocenters. The van der Waals surface area contributed by atoms with Crippen molar-refractivity contribution in [2.24, 2.45) is 0 Å². The fourth-order valence-corrected chi connectivity index (χ4v) is 5.57. The molecule has 2 aromatic heterocycles. The van der Waals surface area contributed by atoms with E-state index in [1.807, 2.05) is 6.07 Å². The highest BCUT2D eigenvalue weighted by Gasteiger charge is 2.58. The number of aromatic nitrogens is 2. The number of nitrogens with zero attached hydrogens (tertiary/aromatic N) is 5. The summed E-state index contributed by atoms with van der Waals surface area (Å²) in [7, 11) is 0. The first-order valence-electron chi connectivity index (χ1n) is 11.1. The Morgan fingerprint density at radius 2 is 1.85 bits per heavy atom. The van der Waals surface area contributed by atoms with Gasteiger partial charge in [-0.05, 0) is 48.7 Å². The van der Waals surface area contributed by atoms with Crippen molar-refractivity contribution in [3.05, 3.63) is 65.4 Å². The van der Waals surface area contributed by atoms with Crippen molar-refractivity contribution in [2.75, 3.05) is 18.0 Å². The molecule has 1 spiro atoms. The maximum atomic E-state index is 13.8. The van der Waals surface area contributed by atoms with E-state index in [1.165, 1.54) is 12.1 Å². The van der Waals surface area contributed by atoms with Crippen LogP contribution >= 0.6 is 0 Å². The Morgan fingerprint density at radius 3 is 2.58 bits per heavy atom. The molecule has 0 aliphatic carbocycles. The first kappa shape index (κ1) is 20.1. The molecule has 0 N–H and O–H groups in total. The second-order valence-corrected chi connectivity index (χ2v) is 8.91. The molecule has 0 saturated carbocycles. The molecule has 168 valence electrons. The Hall–Kier alpha value is -3.51. The number of carbonyl (C=O) groups is 1. The molecule has 0 bridgehead atoms. The predicted octanol–water partition coefficient (Wildman–Crippen LogP) is 3.54. The van der Waals surface area contributed by atoms with Gasteiger partial charge in [0.15, 0.2) is 5.60 Å². The van der Waals surface area contributed by atoms with Gasteiger partial charge in [0.1, 0.15) is 29.7 Å². The van der Waals surface area contributed by atoms with E-state index in [0.717, 1.165) is 17.4 Å². The summed E-state index contributed by atoms with van der Waals surface area (Å²) in [6.07, 6.45) is 3.57. The molecule has 9 heteroatoms. The quantitative estimate of drug-likeness (QED) is 0.598. The van der Waals surface area contributed by atoms with Crippen LogP contribution in [0.15, 0.2) is 42.6 Å². The van der Waals surface area contributed by atoms with Gasteiger partial charge in [0.25, 0.3) is 5.91 Å². The number of halogens is 2. The minimum atomic E-state index is -0.915. The summed E-state index contributed by atoms with van der Waals surface area (Å²) >= 11 is 0. The summed E-state index contributed by atoms with van der Waals surface area (Å²) in [4.78, 5) is 17.4. The van der Waals surface area contributed by atoms with Gasteiger partial charge in [-0.1, -0.05) is 0 Å². The molecule has 3 aromatic rings. The van der Waals surface area contributed by atoms with Gasteiger partial charge in [0.2, 0.25) is 0 Å². The zero-order chi connectivity index (χ0) is 22.7. The maximum Gasteiger partial charge on any atom is 0.257 e. The summed E-state index contributed by atoms with van der Waals surface area (Å²) in [6, 6.07) is 10.7. The summed E-state index contributed by atoms with van der Waals surface area (Å²) < 4.78 is 35.7. The molecular formula is C24H21F2N5O2. The number of amides is 1. The largest absolute Gasteiger partial charge is 0.356 e. The van der Waals surface area contributed by atoms with Crippen LogP contribution in [0.3, 0.4) is 0 Å². The Kier molecular flexibility index (Phi) is 4.42. The molecule has 6 rings (SSSR count). The molecule has 1 aromatic carbocycles. The highest BCUT2D eigenvalue weighted by molar-refractivity contribution is 5.88. The van der Waals surface area contributed by atoms with Gasteiger partial charge >= 0.3 is 0 Å². The van der Waals surface area contributed by atoms with E-state index in [9.17, 15) is 18.8 Å². The lowest BCUT2D eigenvalue weighted by molar-refractivity contribution is -0.140. The maximum absolute atomic E-state index is 13.8. The van der Waals surface area contributed by atoms with E-state index in [-0.39, 0.29) is 18.2 Å². The van der Waals surface area contributed by atoms with Crippen molar-refractivity contribution >= 4 is 17.2 Å². The lowest BCUT2D eigenvalue weighted by Gasteiger charge is -2.38. The molecule has 3 saturated heterocycles. The number of nitriles is 1. The van der Waals surface area contributed by atoms with Crippen LogP contribution < -0.4 is 4.90 Å². The molecule has 5 heterocycles. The number of rotatable bonds is 2. The van der Waals surface area contributed by atoms with E-state index in [2.05, 4.69) is 16.1 Å². The average Bonchev–Trinajstić information content (AvgIpc) is 3.50. The summed E-state index contributed by atoms with van der Waals surface area (Å²) in [5, 5.41) is 13.7. The Morgan fingerprint density at radius 1 is 1.09 bits per heavy atom. The predicted molar refractivity (Wildman–Crippen MR) is 114 cm³/mol. The minimum absolute atomic E-state index is 0.0941. The third-order valence-corrected chi connectivity index (χ3v) is 7.14. The Balaban J connectivity index is 1.24. The number of piperidine rings is 1. The molecule has 2 atom stereocenters. The summed E-state index contributed by atoms with van der Waals surface area (Å²) in [5.74, 6) is -0.515. The number of anilines is 1. The summed E-state index contributed by atoms with van der Waals surface area (Å²) in [6.45, 7) is 1.18. The van der Waals surface area contributed by atoms with Gasteiger partial charge in [-0.25, -0.2) is 13.3 Å². The third kappa shape index (κ3) is 3.01. The van der Waals surface area contributed by atoms with Crippen LogP contribution in [0.1, 0.15) is 42.9 Å². The van der Waals surface area contributed by atoms with Crippen LogP contribution in [-0.4, -0.2) is 45.3 Å². The molecule has 3 fully saturated rings. The fraction of sp³-hybridized carbons (Fsp3) is 0.375. The molecular weight excluding hydrogens is 428 g/mol. The minimum Gasteiger partial charge on any atom is -0.356 e. The van der Waals surface area contributed by atoms with Crippen LogP contribution in [0.25, 0.3) is 5.52 Å². The van der Waals surface area contributed by atoms with Crippen molar-refractivity contribution < 1.29 is 18.3 Å². The van der Waals surface area contributed by atoms with Gasteiger partial charge < -0.3 is 14.5 Å². The van der Waals surface area contributed by atoms with Gasteiger partial charge in [-0.15, -0.1) is 0 Å². The number of pyridine rings is 1. The van der Waals surface area contributed by atoms with E-state index >= 15 is 0 Å². The second kappa shape index (κ2) is 7.25. The number of hydrogen-bond acceptors (Lipinski definition) is 5. The highest BCUT2D eigenvalue weighted by Crippen LogP contribution is 2.48. The lowest BCUT2D eigenvalue weighted by Crippen LogP contribution is -2.50. The summed E-state index contributed by atoms with van der Waals surface area (Å²) in [5.41, 5.74) is 0.857. The van der Waals surface area contributed by atoms with Gasteiger partial charge in [0, 0.05) is 32.0 Å². The second-order valence-electron chi connectivity index (χ2n) is 8.91. The molecule has 1 amide bonds. The smallest absolute Gasteiger partial charge is 0.257 e. The number of fused-ring (bicyclic) bond motifs is 2. The topological polar surface area (TPSA) is 73.9 Å². The van der Waals surface area contributed by atoms with Crippen LogP contribution in [0.5, 0.6) is 0 Å². The van der Waals surface area contributed by atoms with Gasteiger partial charge in [0.05, 0.1) is 23.3 Å². The van der Waals surface area contributed by atoms with Gasteiger partial charge in [-0.2, -0.15) is 10.4 Å². The first-order chi connectivity index (χ1) is 16.0. The first-order valence-corrected chi connectivity index (χ1v) is 11.1. The van der Waals surface area contributed by atoms with E-state index in [4.69, 9.17) is 4.74 Å². The third-order valence-electron chi connectivity index (χ3n) is 7.14. The molecule has 7 nitrogen and oxygen atoms in total. The van der Waals surface area contributed by atoms with E-state index in [0.29, 0.717) is 49.9 Å². The van der Waals surface area contributed by atoms with Crippen LogP contribution in [0.2, 0.25) is 0 Å². The molecule has 0 radical (unpaired) electrons. The molecule has 33 heavy (non-hydrogen) atoms. The van der Waals surface area contributed by atoms with Crippen molar-refractivity contribution in [1.82, 2.24) is 14.5 Å². The highest BCUT2D eigenvalue weighted by atomic mass is 19.1. The SMILES string of the molecule is N#Cc1ccc(N2CCC3(CC2)OC2CCC(c4cc(F)cc(F)c4)N2C3=O)n2nccc12. The van der Waals surface area contributed by atoms with Crippen molar-refractivity contribution in [1.29, 1.82) is 5.26 Å². The Bertz CT molecular complexity index is 1290. The van der Waals surface area contributed by atoms with Crippen LogP contribution in [0, 0.1) is 23.0 Å². The zero-order valence-electron chi connectivity index (χ0n) is 17.7. The standard InChI is InChI=1S/C24H21F2N5O2/c25-17-11-16(12-18(26)13-17)19-2-4-22-30(19)23(32)24(33-22)6-9-29(10-7-24)21-3-1-15(14-27)20-5-8-28-31(20)21/h1,3,5,8,11-13,19,22H,2,4,6-7,9-10H2. The zero-order valence-corrected chi connectivity index (χ0v) is 17.7. The van der Waals surface area contributed by atoms with Gasteiger partial charge in [-0.3, -0.25) is 4.79 Å². The van der Waals surface area contributed by atoms with E-state index < -0.39 is 17.2 Å². The number of benzene rings is 1. The van der Waals surface area contributed by atoms with E-state index in [1.54, 1.807) is 27.7 Å². The van der Waals surface area contributed by atoms with Crippen molar-refractivity contribution in [3.63, 3.8) is 0 Å². The monoisotopic (exact) mass is 449 g/mol. The Labute approximate surface area is 188 Å². The van der Waals surface area contributed by atoms with Crippen molar-refractivity contribution in [3.8, 4) is 6.07 Å². The average molecular weight is 449 g/mol. The normalized spacial score (nSPS) is 24.0.